The number of hydrazine groups is 1. The van der Waals surface area contributed by atoms with Crippen LogP contribution in [-0.2, 0) is 0 Å². The average Bonchev–Trinajstić information content (AvgIpc) is 2.17. The Hall–Kier alpha value is -0.940. The van der Waals surface area contributed by atoms with Gasteiger partial charge in [0.25, 0.3) is 0 Å². The van der Waals surface area contributed by atoms with Gasteiger partial charge in [0.2, 0.25) is 0 Å². The van der Waals surface area contributed by atoms with Crippen LogP contribution in [0.5, 0.6) is 11.5 Å². The van der Waals surface area contributed by atoms with Crippen molar-refractivity contribution in [1.82, 2.24) is 0 Å². The highest BCUT2D eigenvalue weighted by atomic mass is 79.9. The van der Waals surface area contributed by atoms with Crippen molar-refractivity contribution in [3.8, 4) is 11.5 Å². The van der Waals surface area contributed by atoms with Crippen LogP contribution in [0.4, 0.5) is 5.69 Å². The molecule has 0 fully saturated rings. The minimum Gasteiger partial charge on any atom is -0.493 e. The topological polar surface area (TPSA) is 56.5 Å². The standard InChI is InChI=1S/C8H11BrN2O2/c1-12-7-3-5(9)6(11-10)4-8(7)13-2/h3-4,11H,10H2,1-2H3. The van der Waals surface area contributed by atoms with Crippen LogP contribution < -0.4 is 20.7 Å². The zero-order chi connectivity index (χ0) is 9.84. The second-order valence-electron chi connectivity index (χ2n) is 2.33. The van der Waals surface area contributed by atoms with Gasteiger partial charge in [-0.05, 0) is 15.9 Å². The third-order valence-electron chi connectivity index (χ3n) is 1.63. The smallest absolute Gasteiger partial charge is 0.162 e. The molecular formula is C8H11BrN2O2. The molecule has 72 valence electrons. The lowest BCUT2D eigenvalue weighted by molar-refractivity contribution is 0.355. The maximum Gasteiger partial charge on any atom is 0.162 e. The van der Waals surface area contributed by atoms with E-state index in [0.29, 0.717) is 11.5 Å². The Morgan fingerprint density at radius 2 is 1.77 bits per heavy atom. The molecule has 4 nitrogen and oxygen atoms in total. The van der Waals surface area contributed by atoms with Gasteiger partial charge in [-0.2, -0.15) is 0 Å². The first-order chi connectivity index (χ1) is 6.22. The summed E-state index contributed by atoms with van der Waals surface area (Å²) in [4.78, 5) is 0. The van der Waals surface area contributed by atoms with Gasteiger partial charge in [-0.25, -0.2) is 0 Å². The predicted molar refractivity (Wildman–Crippen MR) is 55.1 cm³/mol. The van der Waals surface area contributed by atoms with E-state index in [9.17, 15) is 0 Å². The highest BCUT2D eigenvalue weighted by molar-refractivity contribution is 9.10. The number of ether oxygens (including phenoxy) is 2. The molecular weight excluding hydrogens is 236 g/mol. The van der Waals surface area contributed by atoms with Crippen LogP contribution in [-0.4, -0.2) is 14.2 Å². The van der Waals surface area contributed by atoms with Crippen molar-refractivity contribution in [2.24, 2.45) is 5.84 Å². The first kappa shape index (κ1) is 10.1. The van der Waals surface area contributed by atoms with Gasteiger partial charge in [0.15, 0.2) is 11.5 Å². The molecule has 0 saturated heterocycles. The monoisotopic (exact) mass is 246 g/mol. The minimum atomic E-state index is 0.638. The Morgan fingerprint density at radius 1 is 1.23 bits per heavy atom. The second kappa shape index (κ2) is 4.34. The molecule has 0 aliphatic heterocycles. The molecule has 0 bridgehead atoms. The lowest BCUT2D eigenvalue weighted by Gasteiger charge is -2.10. The van der Waals surface area contributed by atoms with Gasteiger partial charge in [-0.15, -0.1) is 0 Å². The molecule has 0 unspecified atom stereocenters. The van der Waals surface area contributed by atoms with Gasteiger partial charge in [-0.3, -0.25) is 5.84 Å². The van der Waals surface area contributed by atoms with E-state index in [1.54, 1.807) is 26.4 Å². The minimum absolute atomic E-state index is 0.638. The summed E-state index contributed by atoms with van der Waals surface area (Å²) in [5.41, 5.74) is 3.29. The van der Waals surface area contributed by atoms with E-state index in [0.717, 1.165) is 10.2 Å². The van der Waals surface area contributed by atoms with Crippen molar-refractivity contribution in [3.63, 3.8) is 0 Å². The fourth-order valence-corrected chi connectivity index (χ4v) is 1.40. The van der Waals surface area contributed by atoms with Crippen LogP contribution in [0.3, 0.4) is 0 Å². The number of benzene rings is 1. The molecule has 0 atom stereocenters. The van der Waals surface area contributed by atoms with Crippen LogP contribution >= 0.6 is 15.9 Å². The SMILES string of the molecule is COc1cc(Br)c(NN)cc1OC. The quantitative estimate of drug-likeness (QED) is 0.631. The Labute approximate surface area is 85.1 Å². The van der Waals surface area contributed by atoms with Gasteiger partial charge in [0, 0.05) is 16.6 Å². The van der Waals surface area contributed by atoms with E-state index in [-0.39, 0.29) is 0 Å². The Morgan fingerprint density at radius 3 is 2.23 bits per heavy atom. The van der Waals surface area contributed by atoms with Gasteiger partial charge < -0.3 is 14.9 Å². The fraction of sp³-hybridized carbons (Fsp3) is 0.250. The molecule has 5 heteroatoms. The van der Waals surface area contributed by atoms with Gasteiger partial charge in [0.05, 0.1) is 19.9 Å². The van der Waals surface area contributed by atoms with Gasteiger partial charge in [0.1, 0.15) is 0 Å². The molecule has 0 saturated carbocycles. The number of hydrogen-bond donors (Lipinski definition) is 2. The molecule has 0 spiro atoms. The van der Waals surface area contributed by atoms with E-state index in [2.05, 4.69) is 21.4 Å². The molecule has 0 amide bonds. The Kier molecular flexibility index (Phi) is 3.39. The van der Waals surface area contributed by atoms with E-state index >= 15 is 0 Å². The molecule has 0 radical (unpaired) electrons. The summed E-state index contributed by atoms with van der Waals surface area (Å²) < 4.78 is 11.0. The third kappa shape index (κ3) is 2.05. The van der Waals surface area contributed by atoms with Crippen LogP contribution in [0.2, 0.25) is 0 Å². The van der Waals surface area contributed by atoms with E-state index < -0.39 is 0 Å². The Bertz CT molecular complexity index is 304. The zero-order valence-corrected chi connectivity index (χ0v) is 9.01. The zero-order valence-electron chi connectivity index (χ0n) is 7.43. The summed E-state index contributed by atoms with van der Waals surface area (Å²) in [6.45, 7) is 0. The highest BCUT2D eigenvalue weighted by Gasteiger charge is 2.07. The molecule has 0 aliphatic carbocycles. The first-order valence-corrected chi connectivity index (χ1v) is 4.40. The normalized spacial score (nSPS) is 9.54. The van der Waals surface area contributed by atoms with Crippen LogP contribution in [0.25, 0.3) is 0 Å². The lowest BCUT2D eigenvalue weighted by Crippen LogP contribution is -2.07. The molecule has 13 heavy (non-hydrogen) atoms. The molecule has 1 aromatic rings. The number of hydrogen-bond acceptors (Lipinski definition) is 4. The molecule has 0 heterocycles. The number of nitrogen functional groups attached to an aromatic ring is 1. The van der Waals surface area contributed by atoms with Gasteiger partial charge in [-0.1, -0.05) is 0 Å². The van der Waals surface area contributed by atoms with Crippen molar-refractivity contribution < 1.29 is 9.47 Å². The fourth-order valence-electron chi connectivity index (χ4n) is 0.965. The summed E-state index contributed by atoms with van der Waals surface area (Å²) in [6.07, 6.45) is 0. The summed E-state index contributed by atoms with van der Waals surface area (Å²) in [7, 11) is 3.16. The average molecular weight is 247 g/mol. The molecule has 0 aromatic heterocycles. The summed E-state index contributed by atoms with van der Waals surface area (Å²) >= 11 is 3.33. The predicted octanol–water partition coefficient (Wildman–Crippen LogP) is 1.75. The van der Waals surface area contributed by atoms with Crippen LogP contribution in [0.1, 0.15) is 0 Å². The summed E-state index contributed by atoms with van der Waals surface area (Å²) in [5.74, 6) is 6.59. The number of methoxy groups -OCH3 is 2. The molecule has 1 aromatic carbocycles. The van der Waals surface area contributed by atoms with Crippen molar-refractivity contribution in [2.75, 3.05) is 19.6 Å². The highest BCUT2D eigenvalue weighted by Crippen LogP contribution is 2.35. The molecule has 1 rings (SSSR count). The lowest BCUT2D eigenvalue weighted by atomic mass is 10.3. The maximum absolute atomic E-state index is 5.29. The van der Waals surface area contributed by atoms with Crippen molar-refractivity contribution in [3.05, 3.63) is 16.6 Å². The number of rotatable bonds is 3. The van der Waals surface area contributed by atoms with E-state index in [1.165, 1.54) is 0 Å². The number of nitrogens with two attached hydrogens (primary N) is 1. The summed E-state index contributed by atoms with van der Waals surface area (Å²) in [5, 5.41) is 0. The molecule has 3 N–H and O–H groups in total. The third-order valence-corrected chi connectivity index (χ3v) is 2.28. The first-order valence-electron chi connectivity index (χ1n) is 3.61. The number of anilines is 1. The van der Waals surface area contributed by atoms with Crippen LogP contribution in [0.15, 0.2) is 16.6 Å². The molecule has 0 aliphatic rings. The maximum atomic E-state index is 5.29. The Balaban J connectivity index is 3.18. The number of nitrogens with one attached hydrogen (secondary N) is 1. The van der Waals surface area contributed by atoms with E-state index in [4.69, 9.17) is 15.3 Å². The van der Waals surface area contributed by atoms with E-state index in [1.807, 2.05) is 0 Å². The van der Waals surface area contributed by atoms with Crippen molar-refractivity contribution >= 4 is 21.6 Å². The van der Waals surface area contributed by atoms with Crippen molar-refractivity contribution in [1.29, 1.82) is 0 Å². The number of halogens is 1. The van der Waals surface area contributed by atoms with Crippen molar-refractivity contribution in [2.45, 2.75) is 0 Å². The summed E-state index contributed by atoms with van der Waals surface area (Å²) in [6, 6.07) is 3.54. The second-order valence-corrected chi connectivity index (χ2v) is 3.19. The largest absolute Gasteiger partial charge is 0.493 e. The van der Waals surface area contributed by atoms with Gasteiger partial charge >= 0.3 is 0 Å². The van der Waals surface area contributed by atoms with Crippen LogP contribution in [0, 0.1) is 0 Å².